The Balaban J connectivity index is 2.01. The third-order valence-electron chi connectivity index (χ3n) is 4.06. The minimum absolute atomic E-state index is 0.152. The molecule has 1 aliphatic rings. The number of carbonyl (C=O) groups excluding carboxylic acids is 1. The lowest BCUT2D eigenvalue weighted by Gasteiger charge is -2.37. The number of carbonyl (C=O) groups is 2. The van der Waals surface area contributed by atoms with Crippen LogP contribution in [0, 0.1) is 11.8 Å². The molecule has 2 rings (SSSR count). The Labute approximate surface area is 135 Å². The standard InChI is InChI=1S/C16H21ClN2O3/c1-10-6-12(16(21)22)9-19(8-10)11(2)15(20)18-14-5-3-4-13(17)7-14/h3-5,7,10-12H,6,8-9H2,1-2H3,(H,18,20)(H,21,22). The second-order valence-corrected chi connectivity index (χ2v) is 6.44. The van der Waals surface area contributed by atoms with Crippen LogP contribution in [0.4, 0.5) is 5.69 Å². The number of amides is 1. The molecule has 0 aliphatic carbocycles. The highest BCUT2D eigenvalue weighted by Gasteiger charge is 2.33. The van der Waals surface area contributed by atoms with Crippen LogP contribution in [0.3, 0.4) is 0 Å². The van der Waals surface area contributed by atoms with E-state index in [1.54, 1.807) is 31.2 Å². The second kappa shape index (κ2) is 7.11. The molecule has 1 aromatic rings. The van der Waals surface area contributed by atoms with Crippen LogP contribution in [-0.4, -0.2) is 41.0 Å². The molecule has 1 heterocycles. The third-order valence-corrected chi connectivity index (χ3v) is 4.29. The van der Waals surface area contributed by atoms with Crippen molar-refractivity contribution in [3.8, 4) is 0 Å². The average molecular weight is 325 g/mol. The number of halogens is 1. The Hall–Kier alpha value is -1.59. The van der Waals surface area contributed by atoms with Gasteiger partial charge >= 0.3 is 5.97 Å². The fourth-order valence-electron chi connectivity index (χ4n) is 2.87. The lowest BCUT2D eigenvalue weighted by atomic mass is 9.89. The Morgan fingerprint density at radius 2 is 2.14 bits per heavy atom. The Kier molecular flexibility index (Phi) is 5.42. The number of piperidine rings is 1. The van der Waals surface area contributed by atoms with Gasteiger partial charge in [0.05, 0.1) is 12.0 Å². The summed E-state index contributed by atoms with van der Waals surface area (Å²) in [6.45, 7) is 4.96. The van der Waals surface area contributed by atoms with Crippen LogP contribution in [0.2, 0.25) is 5.02 Å². The monoisotopic (exact) mass is 324 g/mol. The van der Waals surface area contributed by atoms with E-state index in [4.69, 9.17) is 11.6 Å². The number of likely N-dealkylation sites (tertiary alicyclic amines) is 1. The molecule has 6 heteroatoms. The smallest absolute Gasteiger partial charge is 0.307 e. The number of aliphatic carboxylic acids is 1. The van der Waals surface area contributed by atoms with Gasteiger partial charge in [-0.15, -0.1) is 0 Å². The summed E-state index contributed by atoms with van der Waals surface area (Å²) in [5.74, 6) is -1.10. The van der Waals surface area contributed by atoms with Gasteiger partial charge < -0.3 is 10.4 Å². The minimum atomic E-state index is -0.793. The Bertz CT molecular complexity index is 564. The number of hydrogen-bond donors (Lipinski definition) is 2. The molecule has 1 fully saturated rings. The fourth-order valence-corrected chi connectivity index (χ4v) is 3.06. The van der Waals surface area contributed by atoms with Crippen LogP contribution in [0.5, 0.6) is 0 Å². The lowest BCUT2D eigenvalue weighted by Crippen LogP contribution is -2.50. The topological polar surface area (TPSA) is 69.6 Å². The highest BCUT2D eigenvalue weighted by Crippen LogP contribution is 2.24. The van der Waals surface area contributed by atoms with Gasteiger partial charge in [-0.25, -0.2) is 0 Å². The minimum Gasteiger partial charge on any atom is -0.481 e. The van der Waals surface area contributed by atoms with Crippen molar-refractivity contribution in [2.45, 2.75) is 26.3 Å². The van der Waals surface area contributed by atoms with Crippen molar-refractivity contribution in [3.63, 3.8) is 0 Å². The van der Waals surface area contributed by atoms with Gasteiger partial charge in [0, 0.05) is 23.8 Å². The highest BCUT2D eigenvalue weighted by molar-refractivity contribution is 6.30. The van der Waals surface area contributed by atoms with E-state index in [9.17, 15) is 14.7 Å². The normalized spacial score (nSPS) is 23.8. The van der Waals surface area contributed by atoms with Crippen molar-refractivity contribution in [3.05, 3.63) is 29.3 Å². The van der Waals surface area contributed by atoms with Crippen LogP contribution in [0.15, 0.2) is 24.3 Å². The number of hydrogen-bond acceptors (Lipinski definition) is 3. The van der Waals surface area contributed by atoms with Gasteiger partial charge in [0.2, 0.25) is 5.91 Å². The van der Waals surface area contributed by atoms with E-state index in [1.807, 2.05) is 11.8 Å². The van der Waals surface area contributed by atoms with Gasteiger partial charge in [-0.05, 0) is 37.5 Å². The van der Waals surface area contributed by atoms with Gasteiger partial charge in [-0.2, -0.15) is 0 Å². The van der Waals surface area contributed by atoms with Gasteiger partial charge in [0.1, 0.15) is 0 Å². The summed E-state index contributed by atoms with van der Waals surface area (Å²) in [6, 6.07) is 6.58. The molecule has 1 aliphatic heterocycles. The van der Waals surface area contributed by atoms with Crippen molar-refractivity contribution >= 4 is 29.2 Å². The van der Waals surface area contributed by atoms with E-state index in [0.717, 1.165) is 6.54 Å². The van der Waals surface area contributed by atoms with Crippen LogP contribution in [0.1, 0.15) is 20.3 Å². The predicted octanol–water partition coefficient (Wildman–Crippen LogP) is 2.71. The number of carboxylic acids is 1. The van der Waals surface area contributed by atoms with Crippen LogP contribution < -0.4 is 5.32 Å². The second-order valence-electron chi connectivity index (χ2n) is 6.01. The molecular formula is C16H21ClN2O3. The molecular weight excluding hydrogens is 304 g/mol. The van der Waals surface area contributed by atoms with E-state index in [2.05, 4.69) is 5.32 Å². The molecule has 2 N–H and O–H groups in total. The summed E-state index contributed by atoms with van der Waals surface area (Å²) in [4.78, 5) is 25.5. The van der Waals surface area contributed by atoms with E-state index in [0.29, 0.717) is 23.7 Å². The number of rotatable bonds is 4. The van der Waals surface area contributed by atoms with Crippen molar-refractivity contribution in [2.75, 3.05) is 18.4 Å². The summed E-state index contributed by atoms with van der Waals surface area (Å²) in [7, 11) is 0. The first-order chi connectivity index (χ1) is 10.4. The van der Waals surface area contributed by atoms with Gasteiger partial charge in [0.25, 0.3) is 0 Å². The van der Waals surface area contributed by atoms with Crippen molar-refractivity contribution in [2.24, 2.45) is 11.8 Å². The van der Waals surface area contributed by atoms with Crippen LogP contribution in [0.25, 0.3) is 0 Å². The Morgan fingerprint density at radius 1 is 1.41 bits per heavy atom. The molecule has 0 bridgehead atoms. The molecule has 3 unspecified atom stereocenters. The first-order valence-electron chi connectivity index (χ1n) is 7.40. The molecule has 120 valence electrons. The molecule has 0 saturated carbocycles. The first kappa shape index (κ1) is 16.8. The molecule has 0 aromatic heterocycles. The van der Waals surface area contributed by atoms with Crippen LogP contribution in [-0.2, 0) is 9.59 Å². The molecule has 22 heavy (non-hydrogen) atoms. The maximum absolute atomic E-state index is 12.4. The Morgan fingerprint density at radius 3 is 2.77 bits per heavy atom. The lowest BCUT2D eigenvalue weighted by molar-refractivity contribution is -0.145. The molecule has 0 spiro atoms. The largest absolute Gasteiger partial charge is 0.481 e. The zero-order valence-electron chi connectivity index (χ0n) is 12.8. The predicted molar refractivity (Wildman–Crippen MR) is 86.0 cm³/mol. The molecule has 1 saturated heterocycles. The number of anilines is 1. The van der Waals surface area contributed by atoms with Crippen molar-refractivity contribution < 1.29 is 14.7 Å². The molecule has 0 radical (unpaired) electrons. The van der Waals surface area contributed by atoms with Crippen molar-refractivity contribution in [1.82, 2.24) is 4.90 Å². The highest BCUT2D eigenvalue weighted by atomic mass is 35.5. The molecule has 1 aromatic carbocycles. The summed E-state index contributed by atoms with van der Waals surface area (Å²) < 4.78 is 0. The summed E-state index contributed by atoms with van der Waals surface area (Å²) >= 11 is 5.90. The maximum atomic E-state index is 12.4. The van der Waals surface area contributed by atoms with Gasteiger partial charge in [-0.3, -0.25) is 14.5 Å². The summed E-state index contributed by atoms with van der Waals surface area (Å²) in [5, 5.41) is 12.6. The molecule has 3 atom stereocenters. The van der Waals surface area contributed by atoms with Gasteiger partial charge in [0.15, 0.2) is 0 Å². The zero-order chi connectivity index (χ0) is 16.3. The quantitative estimate of drug-likeness (QED) is 0.893. The maximum Gasteiger partial charge on any atom is 0.307 e. The zero-order valence-corrected chi connectivity index (χ0v) is 13.5. The molecule has 1 amide bonds. The van der Waals surface area contributed by atoms with Crippen LogP contribution >= 0.6 is 11.6 Å². The SMILES string of the molecule is CC1CC(C(=O)O)CN(C(C)C(=O)Nc2cccc(Cl)c2)C1. The summed E-state index contributed by atoms with van der Waals surface area (Å²) in [5.41, 5.74) is 0.643. The molecule has 5 nitrogen and oxygen atoms in total. The summed E-state index contributed by atoms with van der Waals surface area (Å²) in [6.07, 6.45) is 0.661. The van der Waals surface area contributed by atoms with E-state index in [1.165, 1.54) is 0 Å². The third kappa shape index (κ3) is 4.21. The van der Waals surface area contributed by atoms with E-state index >= 15 is 0 Å². The van der Waals surface area contributed by atoms with Gasteiger partial charge in [-0.1, -0.05) is 24.6 Å². The van der Waals surface area contributed by atoms with Crippen molar-refractivity contribution in [1.29, 1.82) is 0 Å². The number of benzene rings is 1. The number of nitrogens with zero attached hydrogens (tertiary/aromatic N) is 1. The number of nitrogens with one attached hydrogen (secondary N) is 1. The fraction of sp³-hybridized carbons (Fsp3) is 0.500. The first-order valence-corrected chi connectivity index (χ1v) is 7.78. The van der Waals surface area contributed by atoms with E-state index < -0.39 is 11.9 Å². The average Bonchev–Trinajstić information content (AvgIpc) is 2.45. The number of carboxylic acid groups (broad SMARTS) is 1. The van der Waals surface area contributed by atoms with E-state index in [-0.39, 0.29) is 17.9 Å².